The number of phenols is 2. The molecule has 0 fully saturated rings. The maximum absolute atomic E-state index is 11.0. The van der Waals surface area contributed by atoms with Crippen molar-refractivity contribution in [2.75, 3.05) is 0 Å². The largest absolute Gasteiger partial charge is 0.507 e. The summed E-state index contributed by atoms with van der Waals surface area (Å²) in [6.45, 7) is 0. The van der Waals surface area contributed by atoms with Crippen molar-refractivity contribution in [3.63, 3.8) is 0 Å². The number of hydrogen-bond donors (Lipinski definition) is 2. The summed E-state index contributed by atoms with van der Waals surface area (Å²) in [6, 6.07) is 19.8. The number of aldehydes is 2. The highest BCUT2D eigenvalue weighted by molar-refractivity contribution is 5.99. The highest BCUT2D eigenvalue weighted by Gasteiger charge is 2.06. The van der Waals surface area contributed by atoms with Crippen molar-refractivity contribution in [3.05, 3.63) is 83.9 Å². The van der Waals surface area contributed by atoms with Crippen molar-refractivity contribution < 1.29 is 19.8 Å². The molecule has 4 aromatic rings. The Morgan fingerprint density at radius 1 is 0.562 bits per heavy atom. The van der Waals surface area contributed by atoms with Crippen molar-refractivity contribution in [1.82, 2.24) is 0 Å². The van der Waals surface area contributed by atoms with Crippen LogP contribution in [0.2, 0.25) is 0 Å². The predicted octanol–water partition coefficient (Wildman–Crippen LogP) is 6.71. The molecular formula is C24H16N4O4. The molecule has 0 aliphatic carbocycles. The highest BCUT2D eigenvalue weighted by atomic mass is 16.3. The summed E-state index contributed by atoms with van der Waals surface area (Å²) in [5.74, 6) is -0.235. The fraction of sp³-hybridized carbons (Fsp3) is 0. The molecule has 0 saturated heterocycles. The molecule has 156 valence electrons. The van der Waals surface area contributed by atoms with E-state index in [0.717, 1.165) is 10.8 Å². The molecule has 2 N–H and O–H groups in total. The number of phenolic OH excluding ortho intramolecular Hbond substituents is 2. The zero-order chi connectivity index (χ0) is 22.5. The lowest BCUT2D eigenvalue weighted by Crippen LogP contribution is -1.80. The molecule has 0 spiro atoms. The van der Waals surface area contributed by atoms with Crippen LogP contribution >= 0.6 is 0 Å². The van der Waals surface area contributed by atoms with Gasteiger partial charge in [-0.15, -0.1) is 10.2 Å². The summed E-state index contributed by atoms with van der Waals surface area (Å²) < 4.78 is 0. The molecule has 0 unspecified atom stereocenters. The van der Waals surface area contributed by atoms with Crippen LogP contribution in [0.4, 0.5) is 22.7 Å². The van der Waals surface area contributed by atoms with Crippen molar-refractivity contribution >= 4 is 46.1 Å². The monoisotopic (exact) mass is 424 g/mol. The number of rotatable bonds is 6. The van der Waals surface area contributed by atoms with E-state index in [1.807, 2.05) is 24.3 Å². The second-order valence-corrected chi connectivity index (χ2v) is 6.77. The number of aromatic hydroxyl groups is 2. The van der Waals surface area contributed by atoms with Gasteiger partial charge in [0.2, 0.25) is 0 Å². The van der Waals surface area contributed by atoms with E-state index in [0.29, 0.717) is 35.3 Å². The van der Waals surface area contributed by atoms with Crippen molar-refractivity contribution in [2.24, 2.45) is 20.5 Å². The van der Waals surface area contributed by atoms with Gasteiger partial charge < -0.3 is 10.2 Å². The van der Waals surface area contributed by atoms with Crippen LogP contribution in [-0.4, -0.2) is 22.8 Å². The lowest BCUT2D eigenvalue weighted by atomic mass is 10.1. The third kappa shape index (κ3) is 4.24. The standard InChI is InChI=1S/C24H16N4O4/c29-13-15-11-17(7-9-23(15)31)25-27-21-5-1-3-19-20(21)4-2-6-22(19)28-26-18-8-10-24(32)16(12-18)14-30/h1-14,31-32H. The highest BCUT2D eigenvalue weighted by Crippen LogP contribution is 2.34. The third-order valence-electron chi connectivity index (χ3n) is 4.70. The Hall–Kier alpha value is -4.72. The van der Waals surface area contributed by atoms with Gasteiger partial charge in [-0.05, 0) is 48.5 Å². The van der Waals surface area contributed by atoms with E-state index in [9.17, 15) is 19.8 Å². The van der Waals surface area contributed by atoms with Gasteiger partial charge >= 0.3 is 0 Å². The summed E-state index contributed by atoms with van der Waals surface area (Å²) in [4.78, 5) is 22.0. The first-order chi connectivity index (χ1) is 15.6. The molecule has 4 rings (SSSR count). The van der Waals surface area contributed by atoms with E-state index in [-0.39, 0.29) is 22.6 Å². The Labute approximate surface area is 182 Å². The van der Waals surface area contributed by atoms with Gasteiger partial charge in [-0.1, -0.05) is 24.3 Å². The van der Waals surface area contributed by atoms with Crippen molar-refractivity contribution in [2.45, 2.75) is 0 Å². The van der Waals surface area contributed by atoms with Crippen LogP contribution < -0.4 is 0 Å². The summed E-state index contributed by atoms with van der Waals surface area (Å²) in [5.41, 5.74) is 2.30. The summed E-state index contributed by atoms with van der Waals surface area (Å²) in [7, 11) is 0. The molecular weight excluding hydrogens is 408 g/mol. The van der Waals surface area contributed by atoms with Gasteiger partial charge in [0.1, 0.15) is 11.5 Å². The Kier molecular flexibility index (Phi) is 5.76. The number of nitrogens with zero attached hydrogens (tertiary/aromatic N) is 4. The molecule has 0 amide bonds. The minimum absolute atomic E-state index is 0.118. The van der Waals surface area contributed by atoms with E-state index >= 15 is 0 Å². The zero-order valence-corrected chi connectivity index (χ0v) is 16.6. The average Bonchev–Trinajstić information content (AvgIpc) is 2.83. The molecule has 0 bridgehead atoms. The normalized spacial score (nSPS) is 11.4. The Morgan fingerprint density at radius 2 is 1.00 bits per heavy atom. The van der Waals surface area contributed by atoms with Gasteiger partial charge in [0, 0.05) is 10.8 Å². The number of benzene rings is 4. The third-order valence-corrected chi connectivity index (χ3v) is 4.70. The van der Waals surface area contributed by atoms with Crippen molar-refractivity contribution in [1.29, 1.82) is 0 Å². The summed E-state index contributed by atoms with van der Waals surface area (Å²) in [6.07, 6.45) is 1.10. The Bertz CT molecular complexity index is 1290. The number of hydrogen-bond acceptors (Lipinski definition) is 8. The molecule has 0 atom stereocenters. The number of azo groups is 2. The van der Waals surface area contributed by atoms with Crippen LogP contribution in [0.1, 0.15) is 20.7 Å². The van der Waals surface area contributed by atoms with Crippen LogP contribution in [0.3, 0.4) is 0 Å². The van der Waals surface area contributed by atoms with Crippen molar-refractivity contribution in [3.8, 4) is 11.5 Å². The maximum atomic E-state index is 11.0. The SMILES string of the molecule is O=Cc1cc(N=Nc2cccc3c(N=Nc4ccc(O)c(C=O)c4)cccc23)ccc1O. The molecule has 4 aromatic carbocycles. The number of carbonyl (C=O) groups is 2. The number of fused-ring (bicyclic) bond motifs is 1. The molecule has 0 radical (unpaired) electrons. The van der Waals surface area contributed by atoms with Gasteiger partial charge in [0.25, 0.3) is 0 Å². The minimum Gasteiger partial charge on any atom is -0.507 e. The Morgan fingerprint density at radius 3 is 1.41 bits per heavy atom. The van der Waals surface area contributed by atoms with Crippen LogP contribution in [-0.2, 0) is 0 Å². The lowest BCUT2D eigenvalue weighted by Gasteiger charge is -2.04. The zero-order valence-electron chi connectivity index (χ0n) is 16.6. The van der Waals surface area contributed by atoms with Gasteiger partial charge in [-0.3, -0.25) is 9.59 Å². The molecule has 0 aliphatic heterocycles. The first-order valence-electron chi connectivity index (χ1n) is 9.50. The molecule has 0 saturated carbocycles. The first-order valence-corrected chi connectivity index (χ1v) is 9.50. The summed E-state index contributed by atoms with van der Waals surface area (Å²) >= 11 is 0. The fourth-order valence-corrected chi connectivity index (χ4v) is 3.07. The quantitative estimate of drug-likeness (QED) is 0.264. The molecule has 8 nitrogen and oxygen atoms in total. The van der Waals surface area contributed by atoms with E-state index < -0.39 is 0 Å². The lowest BCUT2D eigenvalue weighted by molar-refractivity contribution is 0.111. The van der Waals surface area contributed by atoms with E-state index in [4.69, 9.17) is 0 Å². The van der Waals surface area contributed by atoms with Gasteiger partial charge in [0.05, 0.1) is 33.9 Å². The molecule has 0 aromatic heterocycles. The topological polar surface area (TPSA) is 124 Å². The smallest absolute Gasteiger partial charge is 0.153 e. The van der Waals surface area contributed by atoms with Crippen LogP contribution in [0.5, 0.6) is 11.5 Å². The van der Waals surface area contributed by atoms with E-state index in [2.05, 4.69) is 20.5 Å². The molecule has 8 heteroatoms. The second kappa shape index (κ2) is 8.97. The van der Waals surface area contributed by atoms with Crippen LogP contribution in [0.15, 0.2) is 93.3 Å². The molecule has 0 aliphatic rings. The first kappa shape index (κ1) is 20.5. The minimum atomic E-state index is -0.118. The van der Waals surface area contributed by atoms with Gasteiger partial charge in [-0.2, -0.15) is 10.2 Å². The predicted molar refractivity (Wildman–Crippen MR) is 119 cm³/mol. The van der Waals surface area contributed by atoms with Crippen LogP contribution in [0, 0.1) is 0 Å². The number of carbonyl (C=O) groups excluding carboxylic acids is 2. The average molecular weight is 424 g/mol. The van der Waals surface area contributed by atoms with Gasteiger partial charge in [-0.25, -0.2) is 0 Å². The molecule has 32 heavy (non-hydrogen) atoms. The molecule has 0 heterocycles. The Balaban J connectivity index is 1.68. The summed E-state index contributed by atoms with van der Waals surface area (Å²) in [5, 5.41) is 37.7. The van der Waals surface area contributed by atoms with Crippen LogP contribution in [0.25, 0.3) is 10.8 Å². The van der Waals surface area contributed by atoms with E-state index in [1.54, 1.807) is 24.3 Å². The fourth-order valence-electron chi connectivity index (χ4n) is 3.07. The second-order valence-electron chi connectivity index (χ2n) is 6.77. The van der Waals surface area contributed by atoms with E-state index in [1.165, 1.54) is 24.3 Å². The maximum Gasteiger partial charge on any atom is 0.153 e. The van der Waals surface area contributed by atoms with Gasteiger partial charge in [0.15, 0.2) is 12.6 Å².